The van der Waals surface area contributed by atoms with Crippen molar-refractivity contribution in [3.63, 3.8) is 0 Å². The number of rotatable bonds is 2. The Bertz CT molecular complexity index is 507. The molecule has 0 saturated carbocycles. The highest BCUT2D eigenvalue weighted by Gasteiger charge is 2.32. The first kappa shape index (κ1) is 14.7. The van der Waals surface area contributed by atoms with Crippen molar-refractivity contribution >= 4 is 11.7 Å². The van der Waals surface area contributed by atoms with Gasteiger partial charge in [-0.2, -0.15) is 0 Å². The van der Waals surface area contributed by atoms with Crippen LogP contribution in [0.25, 0.3) is 0 Å². The Hall–Kier alpha value is -1.75. The number of aliphatic hydroxyl groups excluding tert-OH is 1. The number of aliphatic hydroxyl groups is 1. The Balaban J connectivity index is 2.07. The maximum absolute atomic E-state index is 11.8. The van der Waals surface area contributed by atoms with Crippen LogP contribution in [0.15, 0.2) is 18.2 Å². The fourth-order valence-electron chi connectivity index (χ4n) is 2.24. The summed E-state index contributed by atoms with van der Waals surface area (Å²) in [4.78, 5) is 11.8. The van der Waals surface area contributed by atoms with Crippen molar-refractivity contribution in [1.29, 1.82) is 0 Å². The molecule has 0 aromatic heterocycles. The maximum Gasteiger partial charge on any atom is 0.306 e. The number of hydrogen-bond donors (Lipinski definition) is 2. The predicted octanol–water partition coefficient (Wildman–Crippen LogP) is 2.04. The third-order valence-corrected chi connectivity index (χ3v) is 3.10. The van der Waals surface area contributed by atoms with Crippen LogP contribution in [0.3, 0.4) is 0 Å². The minimum atomic E-state index is -0.769. The van der Waals surface area contributed by atoms with E-state index in [1.54, 1.807) is 18.2 Å². The van der Waals surface area contributed by atoms with Gasteiger partial charge in [0.05, 0.1) is 19.1 Å². The summed E-state index contributed by atoms with van der Waals surface area (Å²) < 4.78 is 10.8. The zero-order valence-electron chi connectivity index (χ0n) is 12.1. The number of esters is 1. The normalized spacial score (nSPS) is 21.8. The van der Waals surface area contributed by atoms with E-state index in [9.17, 15) is 9.90 Å². The molecule has 0 spiro atoms. The van der Waals surface area contributed by atoms with Crippen LogP contribution in [0, 0.1) is 5.92 Å². The van der Waals surface area contributed by atoms with Gasteiger partial charge in [0.2, 0.25) is 0 Å². The summed E-state index contributed by atoms with van der Waals surface area (Å²) in [5, 5.41) is 10.3. The second-order valence-electron chi connectivity index (χ2n) is 6.10. The van der Waals surface area contributed by atoms with Gasteiger partial charge in [-0.15, -0.1) is 0 Å². The number of nitrogen functional groups attached to an aromatic ring is 1. The van der Waals surface area contributed by atoms with Gasteiger partial charge in [0, 0.05) is 17.2 Å². The zero-order valence-corrected chi connectivity index (χ0v) is 12.1. The van der Waals surface area contributed by atoms with Crippen LogP contribution in [-0.4, -0.2) is 23.3 Å². The molecule has 3 N–H and O–H groups in total. The van der Waals surface area contributed by atoms with Crippen molar-refractivity contribution in [2.24, 2.45) is 5.92 Å². The first-order chi connectivity index (χ1) is 9.26. The molecule has 1 aliphatic heterocycles. The molecule has 0 aliphatic carbocycles. The van der Waals surface area contributed by atoms with E-state index in [0.29, 0.717) is 17.0 Å². The quantitative estimate of drug-likeness (QED) is 0.639. The van der Waals surface area contributed by atoms with Gasteiger partial charge in [-0.05, 0) is 39.0 Å². The molecule has 5 heteroatoms. The highest BCUT2D eigenvalue weighted by Crippen LogP contribution is 2.38. The molecule has 2 unspecified atom stereocenters. The molecular weight excluding hydrogens is 258 g/mol. The number of carbonyl (C=O) groups excluding carboxylic acids is 1. The summed E-state index contributed by atoms with van der Waals surface area (Å²) in [6.07, 6.45) is -0.651. The molecule has 2 atom stereocenters. The SMILES string of the molecule is CC(C)(C)OC(=O)CC1COc2ccc(N)cc2C1O. The fourth-order valence-corrected chi connectivity index (χ4v) is 2.24. The number of carbonyl (C=O) groups is 1. The molecule has 0 radical (unpaired) electrons. The van der Waals surface area contributed by atoms with Crippen LogP contribution in [0.4, 0.5) is 5.69 Å². The average molecular weight is 279 g/mol. The Labute approximate surface area is 118 Å². The smallest absolute Gasteiger partial charge is 0.306 e. The molecule has 0 bridgehead atoms. The molecule has 2 rings (SSSR count). The lowest BCUT2D eigenvalue weighted by molar-refractivity contribution is -0.157. The number of ether oxygens (including phenoxy) is 2. The van der Waals surface area contributed by atoms with Crippen molar-refractivity contribution < 1.29 is 19.4 Å². The summed E-state index contributed by atoms with van der Waals surface area (Å²) in [7, 11) is 0. The highest BCUT2D eigenvalue weighted by molar-refractivity contribution is 5.70. The van der Waals surface area contributed by atoms with E-state index >= 15 is 0 Å². The third-order valence-electron chi connectivity index (χ3n) is 3.10. The van der Waals surface area contributed by atoms with Gasteiger partial charge in [-0.3, -0.25) is 4.79 Å². The number of benzene rings is 1. The van der Waals surface area contributed by atoms with Crippen molar-refractivity contribution in [3.05, 3.63) is 23.8 Å². The lowest BCUT2D eigenvalue weighted by Crippen LogP contribution is -2.31. The van der Waals surface area contributed by atoms with Crippen LogP contribution < -0.4 is 10.5 Å². The number of anilines is 1. The van der Waals surface area contributed by atoms with E-state index in [1.165, 1.54) is 0 Å². The van der Waals surface area contributed by atoms with E-state index in [0.717, 1.165) is 0 Å². The Morgan fingerprint density at radius 2 is 2.20 bits per heavy atom. The van der Waals surface area contributed by atoms with Gasteiger partial charge in [0.15, 0.2) is 0 Å². The van der Waals surface area contributed by atoms with Gasteiger partial charge < -0.3 is 20.3 Å². The second kappa shape index (κ2) is 5.32. The molecule has 20 heavy (non-hydrogen) atoms. The second-order valence-corrected chi connectivity index (χ2v) is 6.10. The zero-order chi connectivity index (χ0) is 14.9. The van der Waals surface area contributed by atoms with Crippen molar-refractivity contribution in [2.75, 3.05) is 12.3 Å². The van der Waals surface area contributed by atoms with E-state index in [1.807, 2.05) is 20.8 Å². The van der Waals surface area contributed by atoms with Gasteiger partial charge in [-0.25, -0.2) is 0 Å². The Kier molecular flexibility index (Phi) is 3.90. The third kappa shape index (κ3) is 3.42. The Morgan fingerprint density at radius 1 is 1.50 bits per heavy atom. The maximum atomic E-state index is 11.8. The molecule has 0 amide bonds. The number of nitrogens with two attached hydrogens (primary N) is 1. The van der Waals surface area contributed by atoms with E-state index < -0.39 is 11.7 Å². The van der Waals surface area contributed by atoms with Crippen LogP contribution >= 0.6 is 0 Å². The lowest BCUT2D eigenvalue weighted by Gasteiger charge is -2.30. The molecule has 0 fully saturated rings. The summed E-state index contributed by atoms with van der Waals surface area (Å²) in [6, 6.07) is 5.14. The van der Waals surface area contributed by atoms with Crippen LogP contribution in [-0.2, 0) is 9.53 Å². The Morgan fingerprint density at radius 3 is 2.85 bits per heavy atom. The summed E-state index contributed by atoms with van der Waals surface area (Å²) in [5.74, 6) is -0.0382. The molecule has 1 aromatic rings. The summed E-state index contributed by atoms with van der Waals surface area (Å²) in [6.45, 7) is 5.73. The molecule has 5 nitrogen and oxygen atoms in total. The van der Waals surface area contributed by atoms with E-state index in [4.69, 9.17) is 15.2 Å². The molecule has 110 valence electrons. The average Bonchev–Trinajstić information content (AvgIpc) is 2.31. The molecule has 1 aliphatic rings. The molecular formula is C15H21NO4. The number of hydrogen-bond acceptors (Lipinski definition) is 5. The van der Waals surface area contributed by atoms with Gasteiger partial charge in [-0.1, -0.05) is 0 Å². The van der Waals surface area contributed by atoms with Crippen LogP contribution in [0.2, 0.25) is 0 Å². The highest BCUT2D eigenvalue weighted by atomic mass is 16.6. The fraction of sp³-hybridized carbons (Fsp3) is 0.533. The summed E-state index contributed by atoms with van der Waals surface area (Å²) >= 11 is 0. The topological polar surface area (TPSA) is 81.8 Å². The monoisotopic (exact) mass is 279 g/mol. The minimum absolute atomic E-state index is 0.118. The molecule has 1 heterocycles. The standard InChI is InChI=1S/C15H21NO4/c1-15(2,3)20-13(17)6-9-8-19-12-5-4-10(16)7-11(12)14(9)18/h4-5,7,9,14,18H,6,8,16H2,1-3H3. The van der Waals surface area contributed by atoms with Crippen molar-refractivity contribution in [3.8, 4) is 5.75 Å². The largest absolute Gasteiger partial charge is 0.493 e. The van der Waals surface area contributed by atoms with Gasteiger partial charge in [0.1, 0.15) is 11.4 Å². The predicted molar refractivity (Wildman–Crippen MR) is 75.3 cm³/mol. The number of fused-ring (bicyclic) bond motifs is 1. The minimum Gasteiger partial charge on any atom is -0.493 e. The first-order valence-electron chi connectivity index (χ1n) is 6.68. The van der Waals surface area contributed by atoms with Gasteiger partial charge >= 0.3 is 5.97 Å². The van der Waals surface area contributed by atoms with Crippen LogP contribution in [0.5, 0.6) is 5.75 Å². The lowest BCUT2D eigenvalue weighted by atomic mass is 9.90. The van der Waals surface area contributed by atoms with Crippen LogP contribution in [0.1, 0.15) is 38.9 Å². The first-order valence-corrected chi connectivity index (χ1v) is 6.68. The van der Waals surface area contributed by atoms with Crippen molar-refractivity contribution in [1.82, 2.24) is 0 Å². The van der Waals surface area contributed by atoms with E-state index in [2.05, 4.69) is 0 Å². The summed E-state index contributed by atoms with van der Waals surface area (Å²) in [5.41, 5.74) is 6.38. The molecule has 0 saturated heterocycles. The molecule has 1 aromatic carbocycles. The van der Waals surface area contributed by atoms with E-state index in [-0.39, 0.29) is 24.9 Å². The van der Waals surface area contributed by atoms with Gasteiger partial charge in [0.25, 0.3) is 0 Å². The van der Waals surface area contributed by atoms with Crippen molar-refractivity contribution in [2.45, 2.75) is 38.9 Å².